The smallest absolute Gasteiger partial charge is 0.251 e. The molecule has 0 saturated heterocycles. The Kier molecular flexibility index (Phi) is 5.58. The van der Waals surface area contributed by atoms with Gasteiger partial charge in [-0.3, -0.25) is 4.79 Å². The molecule has 0 aliphatic carbocycles. The lowest BCUT2D eigenvalue weighted by Crippen LogP contribution is -2.23. The van der Waals surface area contributed by atoms with E-state index in [0.29, 0.717) is 24.5 Å². The Morgan fingerprint density at radius 1 is 1.24 bits per heavy atom. The van der Waals surface area contributed by atoms with Crippen LogP contribution in [-0.2, 0) is 6.61 Å². The maximum Gasteiger partial charge on any atom is 0.251 e. The first-order valence-electron chi connectivity index (χ1n) is 6.56. The average Bonchev–Trinajstić information content (AvgIpc) is 2.52. The van der Waals surface area contributed by atoms with Crippen molar-refractivity contribution in [3.63, 3.8) is 0 Å². The van der Waals surface area contributed by atoms with Crippen LogP contribution in [0.5, 0.6) is 5.75 Å². The largest absolute Gasteiger partial charge is 0.488 e. The van der Waals surface area contributed by atoms with Crippen LogP contribution in [0.25, 0.3) is 0 Å². The molecule has 0 atom stereocenters. The SMILES string of the molecule is C=CCNC(=O)c1ccc(OCc2ccccc2)c(Br)c1. The highest BCUT2D eigenvalue weighted by atomic mass is 79.9. The number of benzene rings is 2. The second-order valence-electron chi connectivity index (χ2n) is 4.42. The van der Waals surface area contributed by atoms with Gasteiger partial charge < -0.3 is 10.1 Å². The Balaban J connectivity index is 2.02. The third-order valence-corrected chi connectivity index (χ3v) is 3.46. The highest BCUT2D eigenvalue weighted by Gasteiger charge is 2.08. The van der Waals surface area contributed by atoms with E-state index < -0.39 is 0 Å². The number of carbonyl (C=O) groups is 1. The van der Waals surface area contributed by atoms with Gasteiger partial charge in [-0.25, -0.2) is 0 Å². The molecule has 0 spiro atoms. The number of amides is 1. The van der Waals surface area contributed by atoms with E-state index in [1.54, 1.807) is 24.3 Å². The van der Waals surface area contributed by atoms with Crippen molar-refractivity contribution < 1.29 is 9.53 Å². The van der Waals surface area contributed by atoms with E-state index in [0.717, 1.165) is 10.0 Å². The van der Waals surface area contributed by atoms with Crippen molar-refractivity contribution in [3.05, 3.63) is 76.8 Å². The van der Waals surface area contributed by atoms with Gasteiger partial charge >= 0.3 is 0 Å². The molecule has 108 valence electrons. The Hall–Kier alpha value is -2.07. The van der Waals surface area contributed by atoms with Crippen molar-refractivity contribution in [3.8, 4) is 5.75 Å². The zero-order valence-corrected chi connectivity index (χ0v) is 13.1. The van der Waals surface area contributed by atoms with Gasteiger partial charge in [-0.05, 0) is 39.7 Å². The standard InChI is InChI=1S/C17H16BrNO2/c1-2-10-19-17(20)14-8-9-16(15(18)11-14)21-12-13-6-4-3-5-7-13/h2-9,11H,1,10,12H2,(H,19,20). The molecule has 0 aromatic heterocycles. The monoisotopic (exact) mass is 345 g/mol. The lowest BCUT2D eigenvalue weighted by molar-refractivity contribution is 0.0958. The van der Waals surface area contributed by atoms with Crippen LogP contribution in [0.2, 0.25) is 0 Å². The lowest BCUT2D eigenvalue weighted by atomic mass is 10.2. The molecule has 0 heterocycles. The van der Waals surface area contributed by atoms with E-state index in [-0.39, 0.29) is 5.91 Å². The van der Waals surface area contributed by atoms with Crippen LogP contribution in [0.15, 0.2) is 65.7 Å². The molecule has 2 aromatic carbocycles. The molecule has 2 rings (SSSR count). The van der Waals surface area contributed by atoms with Gasteiger partial charge in [0, 0.05) is 12.1 Å². The van der Waals surface area contributed by atoms with Crippen LogP contribution in [-0.4, -0.2) is 12.5 Å². The molecule has 0 aliphatic heterocycles. The first-order chi connectivity index (χ1) is 10.2. The summed E-state index contributed by atoms with van der Waals surface area (Å²) in [6, 6.07) is 15.2. The topological polar surface area (TPSA) is 38.3 Å². The van der Waals surface area contributed by atoms with Gasteiger partial charge in [-0.15, -0.1) is 6.58 Å². The van der Waals surface area contributed by atoms with Crippen LogP contribution in [0, 0.1) is 0 Å². The third-order valence-electron chi connectivity index (χ3n) is 2.84. The summed E-state index contributed by atoms with van der Waals surface area (Å²) >= 11 is 3.43. The molecular formula is C17H16BrNO2. The first kappa shape index (κ1) is 15.3. The number of hydrogen-bond acceptors (Lipinski definition) is 2. The maximum absolute atomic E-state index is 11.8. The Labute approximate surface area is 132 Å². The molecule has 1 amide bonds. The quantitative estimate of drug-likeness (QED) is 0.805. The number of nitrogens with one attached hydrogen (secondary N) is 1. The number of halogens is 1. The predicted octanol–water partition coefficient (Wildman–Crippen LogP) is 3.94. The van der Waals surface area contributed by atoms with Crippen LogP contribution in [0.4, 0.5) is 0 Å². The predicted molar refractivity (Wildman–Crippen MR) is 87.4 cm³/mol. The minimum Gasteiger partial charge on any atom is -0.488 e. The molecule has 0 fully saturated rings. The average molecular weight is 346 g/mol. The second-order valence-corrected chi connectivity index (χ2v) is 5.27. The fraction of sp³-hybridized carbons (Fsp3) is 0.118. The molecule has 21 heavy (non-hydrogen) atoms. The Morgan fingerprint density at radius 2 is 2.00 bits per heavy atom. The van der Waals surface area contributed by atoms with E-state index in [1.165, 1.54) is 0 Å². The van der Waals surface area contributed by atoms with Crippen molar-refractivity contribution in [1.29, 1.82) is 0 Å². The summed E-state index contributed by atoms with van der Waals surface area (Å²) in [6.45, 7) is 4.50. The van der Waals surface area contributed by atoms with Crippen molar-refractivity contribution in [1.82, 2.24) is 5.32 Å². The van der Waals surface area contributed by atoms with Crippen molar-refractivity contribution in [2.75, 3.05) is 6.54 Å². The molecule has 0 aliphatic rings. The van der Waals surface area contributed by atoms with Crippen LogP contribution < -0.4 is 10.1 Å². The van der Waals surface area contributed by atoms with Gasteiger partial charge in [0.1, 0.15) is 12.4 Å². The lowest BCUT2D eigenvalue weighted by Gasteiger charge is -2.10. The fourth-order valence-electron chi connectivity index (χ4n) is 1.76. The Morgan fingerprint density at radius 3 is 2.67 bits per heavy atom. The van der Waals surface area contributed by atoms with Crippen LogP contribution >= 0.6 is 15.9 Å². The van der Waals surface area contributed by atoms with Crippen molar-refractivity contribution >= 4 is 21.8 Å². The highest BCUT2D eigenvalue weighted by molar-refractivity contribution is 9.10. The molecule has 3 nitrogen and oxygen atoms in total. The fourth-order valence-corrected chi connectivity index (χ4v) is 2.25. The zero-order chi connectivity index (χ0) is 15.1. The normalized spacial score (nSPS) is 9.95. The first-order valence-corrected chi connectivity index (χ1v) is 7.35. The number of rotatable bonds is 6. The van der Waals surface area contributed by atoms with Crippen molar-refractivity contribution in [2.24, 2.45) is 0 Å². The van der Waals surface area contributed by atoms with Gasteiger partial charge in [0.05, 0.1) is 4.47 Å². The molecule has 2 aromatic rings. The minimum absolute atomic E-state index is 0.134. The summed E-state index contributed by atoms with van der Waals surface area (Å²) in [5, 5.41) is 2.73. The molecule has 1 N–H and O–H groups in total. The number of carbonyl (C=O) groups excluding carboxylic acids is 1. The van der Waals surface area contributed by atoms with Gasteiger partial charge in [0.15, 0.2) is 0 Å². The van der Waals surface area contributed by atoms with Gasteiger partial charge in [-0.1, -0.05) is 36.4 Å². The third kappa shape index (κ3) is 4.46. The molecule has 0 unspecified atom stereocenters. The summed E-state index contributed by atoms with van der Waals surface area (Å²) in [5.41, 5.74) is 1.67. The van der Waals surface area contributed by atoms with E-state index in [4.69, 9.17) is 4.74 Å². The molecular weight excluding hydrogens is 330 g/mol. The number of hydrogen-bond donors (Lipinski definition) is 1. The molecule has 0 bridgehead atoms. The highest BCUT2D eigenvalue weighted by Crippen LogP contribution is 2.26. The molecule has 4 heteroatoms. The van der Waals surface area contributed by atoms with E-state index >= 15 is 0 Å². The van der Waals surface area contributed by atoms with E-state index in [1.807, 2.05) is 30.3 Å². The van der Waals surface area contributed by atoms with Gasteiger partial charge in [0.2, 0.25) is 0 Å². The number of ether oxygens (including phenoxy) is 1. The summed E-state index contributed by atoms with van der Waals surface area (Å²) in [5.74, 6) is 0.573. The van der Waals surface area contributed by atoms with Crippen molar-refractivity contribution in [2.45, 2.75) is 6.61 Å². The van der Waals surface area contributed by atoms with E-state index in [2.05, 4.69) is 27.8 Å². The van der Waals surface area contributed by atoms with Gasteiger partial charge in [0.25, 0.3) is 5.91 Å². The van der Waals surface area contributed by atoms with Crippen LogP contribution in [0.1, 0.15) is 15.9 Å². The summed E-state index contributed by atoms with van der Waals surface area (Å²) in [4.78, 5) is 11.8. The zero-order valence-electron chi connectivity index (χ0n) is 11.5. The molecule has 0 saturated carbocycles. The summed E-state index contributed by atoms with van der Waals surface area (Å²) in [6.07, 6.45) is 1.64. The van der Waals surface area contributed by atoms with E-state index in [9.17, 15) is 4.79 Å². The second kappa shape index (κ2) is 7.64. The van der Waals surface area contributed by atoms with Crippen LogP contribution in [0.3, 0.4) is 0 Å². The van der Waals surface area contributed by atoms with Gasteiger partial charge in [-0.2, -0.15) is 0 Å². The summed E-state index contributed by atoms with van der Waals surface area (Å²) < 4.78 is 6.50. The Bertz CT molecular complexity index is 626. The minimum atomic E-state index is -0.134. The summed E-state index contributed by atoms with van der Waals surface area (Å²) in [7, 11) is 0. The maximum atomic E-state index is 11.8. The molecule has 0 radical (unpaired) electrons.